The molecule has 0 amide bonds. The van der Waals surface area contributed by atoms with E-state index in [1.54, 1.807) is 12.4 Å². The van der Waals surface area contributed by atoms with Crippen LogP contribution in [0.5, 0.6) is 0 Å². The maximum atomic E-state index is 6.39. The number of aromatic nitrogens is 3. The van der Waals surface area contributed by atoms with Crippen molar-refractivity contribution in [2.75, 3.05) is 0 Å². The van der Waals surface area contributed by atoms with Gasteiger partial charge in [-0.25, -0.2) is 9.97 Å². The fourth-order valence-corrected chi connectivity index (χ4v) is 2.71. The monoisotopic (exact) mass is 299 g/mol. The molecule has 0 bridgehead atoms. The number of halogens is 1. The van der Waals surface area contributed by atoms with Crippen molar-refractivity contribution in [3.63, 3.8) is 0 Å². The third-order valence-corrected chi connectivity index (χ3v) is 3.99. The topological polar surface area (TPSA) is 51.8 Å². The lowest BCUT2D eigenvalue weighted by molar-refractivity contribution is 0.574. The highest BCUT2D eigenvalue weighted by atomic mass is 35.5. The summed E-state index contributed by atoms with van der Waals surface area (Å²) < 4.78 is 5.27. The van der Waals surface area contributed by atoms with Crippen molar-refractivity contribution in [3.05, 3.63) is 48.1 Å². The van der Waals surface area contributed by atoms with Crippen molar-refractivity contribution in [1.82, 2.24) is 15.0 Å². The third-order valence-electron chi connectivity index (χ3n) is 2.49. The van der Waals surface area contributed by atoms with E-state index in [2.05, 4.69) is 15.0 Å². The van der Waals surface area contributed by atoms with Gasteiger partial charge in [-0.1, -0.05) is 29.4 Å². The molecule has 0 unspecified atom stereocenters. The average molecular weight is 300 g/mol. The summed E-state index contributed by atoms with van der Waals surface area (Å²) in [5.74, 6) is 0.487. The molecule has 0 N–H and O–H groups in total. The molecule has 0 atom stereocenters. The van der Waals surface area contributed by atoms with Gasteiger partial charge in [0.15, 0.2) is 0 Å². The maximum absolute atomic E-state index is 6.39. The minimum Gasteiger partial charge on any atom is -0.444 e. The lowest BCUT2D eigenvalue weighted by atomic mass is 10.1. The molecule has 0 fully saturated rings. The van der Waals surface area contributed by atoms with Crippen LogP contribution in [0.4, 0.5) is 0 Å². The summed E-state index contributed by atoms with van der Waals surface area (Å²) in [5.41, 5.74) is 1.12. The van der Waals surface area contributed by atoms with Gasteiger partial charge in [0.25, 0.3) is 0 Å². The highest BCUT2D eigenvalue weighted by molar-refractivity contribution is 7.99. The SMILES string of the molecule is [B]c1cnc(Sc2cccc(-c3ncco3)c2Cl)cn1. The Bertz CT molecular complexity index is 719. The molecule has 0 saturated heterocycles. The molecule has 2 radical (unpaired) electrons. The van der Waals surface area contributed by atoms with E-state index >= 15 is 0 Å². The fraction of sp³-hybridized carbons (Fsp3) is 0. The van der Waals surface area contributed by atoms with Crippen LogP contribution < -0.4 is 5.59 Å². The summed E-state index contributed by atoms with van der Waals surface area (Å²) in [4.78, 5) is 13.1. The molecule has 2 heterocycles. The minimum atomic E-state index is 0.383. The smallest absolute Gasteiger partial charge is 0.227 e. The molecule has 4 nitrogen and oxygen atoms in total. The molecule has 96 valence electrons. The van der Waals surface area contributed by atoms with Crippen LogP contribution in [0.15, 0.2) is 57.4 Å². The number of rotatable bonds is 3. The highest BCUT2D eigenvalue weighted by Crippen LogP contribution is 2.37. The van der Waals surface area contributed by atoms with Gasteiger partial charge in [0.05, 0.1) is 23.0 Å². The lowest BCUT2D eigenvalue weighted by Crippen LogP contribution is -2.07. The van der Waals surface area contributed by atoms with Gasteiger partial charge in [-0.2, -0.15) is 0 Å². The van der Waals surface area contributed by atoms with Gasteiger partial charge in [0.1, 0.15) is 19.1 Å². The van der Waals surface area contributed by atoms with E-state index < -0.39 is 0 Å². The first-order valence-corrected chi connectivity index (χ1v) is 6.87. The first kappa shape index (κ1) is 13.2. The van der Waals surface area contributed by atoms with Crippen molar-refractivity contribution >= 4 is 36.8 Å². The molecular formula is C13H7BClN3OS. The van der Waals surface area contributed by atoms with E-state index in [9.17, 15) is 0 Å². The zero-order chi connectivity index (χ0) is 13.9. The summed E-state index contributed by atoms with van der Waals surface area (Å²) in [5, 5.41) is 1.28. The van der Waals surface area contributed by atoms with Crippen LogP contribution in [-0.4, -0.2) is 22.8 Å². The van der Waals surface area contributed by atoms with Crippen LogP contribution in [0.2, 0.25) is 5.02 Å². The van der Waals surface area contributed by atoms with Gasteiger partial charge in [-0.05, 0) is 12.1 Å². The number of oxazole rings is 1. The van der Waals surface area contributed by atoms with Crippen LogP contribution in [-0.2, 0) is 0 Å². The highest BCUT2D eigenvalue weighted by Gasteiger charge is 2.12. The predicted octanol–water partition coefficient (Wildman–Crippen LogP) is 2.73. The first-order valence-electron chi connectivity index (χ1n) is 5.68. The Morgan fingerprint density at radius 3 is 2.75 bits per heavy atom. The van der Waals surface area contributed by atoms with Crippen molar-refractivity contribution in [2.24, 2.45) is 0 Å². The number of benzene rings is 1. The molecule has 3 rings (SSSR count). The molecule has 3 aromatic rings. The van der Waals surface area contributed by atoms with Gasteiger partial charge >= 0.3 is 0 Å². The Hall–Kier alpha value is -1.79. The van der Waals surface area contributed by atoms with Crippen LogP contribution >= 0.6 is 23.4 Å². The molecule has 0 aliphatic heterocycles. The van der Waals surface area contributed by atoms with Gasteiger partial charge in [-0.15, -0.1) is 0 Å². The Morgan fingerprint density at radius 2 is 2.05 bits per heavy atom. The summed E-state index contributed by atoms with van der Waals surface area (Å²) >= 11 is 7.79. The molecule has 0 aliphatic rings. The standard InChI is InChI=1S/C13H7BClN3OS/c14-10-6-18-11(7-17-10)20-9-3-1-2-8(12(9)15)13-16-4-5-19-13/h1-7H. The zero-order valence-corrected chi connectivity index (χ0v) is 11.7. The number of hydrogen-bond donors (Lipinski definition) is 0. The van der Waals surface area contributed by atoms with Crippen molar-refractivity contribution in [1.29, 1.82) is 0 Å². The van der Waals surface area contributed by atoms with E-state index in [4.69, 9.17) is 23.9 Å². The summed E-state index contributed by atoms with van der Waals surface area (Å²) in [6.07, 6.45) is 6.20. The summed E-state index contributed by atoms with van der Waals surface area (Å²) in [6.45, 7) is 0. The van der Waals surface area contributed by atoms with Gasteiger partial charge in [0.2, 0.25) is 5.89 Å². The molecular weight excluding hydrogens is 292 g/mol. The molecule has 0 saturated carbocycles. The number of nitrogens with zero attached hydrogens (tertiary/aromatic N) is 3. The van der Waals surface area contributed by atoms with E-state index in [1.807, 2.05) is 18.2 Å². The van der Waals surface area contributed by atoms with Crippen LogP contribution in [0.25, 0.3) is 11.5 Å². The second-order valence-electron chi connectivity index (χ2n) is 3.84. The van der Waals surface area contributed by atoms with Gasteiger partial charge in [0, 0.05) is 16.7 Å². The Kier molecular flexibility index (Phi) is 3.76. The molecule has 7 heteroatoms. The Balaban J connectivity index is 1.94. The van der Waals surface area contributed by atoms with Crippen molar-refractivity contribution < 1.29 is 4.42 Å². The van der Waals surface area contributed by atoms with Crippen LogP contribution in [0, 0.1) is 0 Å². The van der Waals surface area contributed by atoms with Gasteiger partial charge in [-0.3, -0.25) is 4.98 Å². The number of hydrogen-bond acceptors (Lipinski definition) is 5. The molecule has 20 heavy (non-hydrogen) atoms. The fourth-order valence-electron chi connectivity index (χ4n) is 1.60. The molecule has 0 spiro atoms. The first-order chi connectivity index (χ1) is 9.74. The second kappa shape index (κ2) is 5.69. The van der Waals surface area contributed by atoms with Crippen molar-refractivity contribution in [3.8, 4) is 11.5 Å². The largest absolute Gasteiger partial charge is 0.444 e. The van der Waals surface area contributed by atoms with Crippen LogP contribution in [0.3, 0.4) is 0 Å². The Morgan fingerprint density at radius 1 is 1.15 bits per heavy atom. The lowest BCUT2D eigenvalue weighted by Gasteiger charge is -2.06. The normalized spacial score (nSPS) is 10.7. The Labute approximate surface area is 126 Å². The quantitative estimate of drug-likeness (QED) is 0.696. The zero-order valence-electron chi connectivity index (χ0n) is 10.2. The summed E-state index contributed by atoms with van der Waals surface area (Å²) in [7, 11) is 5.51. The van der Waals surface area contributed by atoms with E-state index in [0.29, 0.717) is 21.5 Å². The minimum absolute atomic E-state index is 0.383. The summed E-state index contributed by atoms with van der Waals surface area (Å²) in [6, 6.07) is 5.64. The van der Waals surface area contributed by atoms with E-state index in [1.165, 1.54) is 24.2 Å². The van der Waals surface area contributed by atoms with E-state index in [-0.39, 0.29) is 0 Å². The average Bonchev–Trinajstić information content (AvgIpc) is 2.97. The molecule has 0 aliphatic carbocycles. The predicted molar refractivity (Wildman–Crippen MR) is 78.5 cm³/mol. The van der Waals surface area contributed by atoms with E-state index in [0.717, 1.165) is 10.5 Å². The molecule has 1 aromatic carbocycles. The second-order valence-corrected chi connectivity index (χ2v) is 5.28. The van der Waals surface area contributed by atoms with Gasteiger partial charge < -0.3 is 4.42 Å². The molecule has 2 aromatic heterocycles. The third kappa shape index (κ3) is 2.71. The van der Waals surface area contributed by atoms with Crippen molar-refractivity contribution in [2.45, 2.75) is 9.92 Å². The van der Waals surface area contributed by atoms with Crippen LogP contribution in [0.1, 0.15) is 0 Å². The maximum Gasteiger partial charge on any atom is 0.227 e.